The van der Waals surface area contributed by atoms with Gasteiger partial charge in [0.15, 0.2) is 5.60 Å². The number of carbonyl (C=O) groups is 1. The van der Waals surface area contributed by atoms with Crippen LogP contribution in [0.25, 0.3) is 0 Å². The van der Waals surface area contributed by atoms with E-state index in [-0.39, 0.29) is 5.97 Å². The molecular weight excluding hydrogens is 426 g/mol. The summed E-state index contributed by atoms with van der Waals surface area (Å²) in [5.41, 5.74) is 5.57. The van der Waals surface area contributed by atoms with E-state index in [1.165, 1.54) is 0 Å². The minimum Gasteiger partial charge on any atom is -0.441 e. The summed E-state index contributed by atoms with van der Waals surface area (Å²) >= 11 is 0. The lowest BCUT2D eigenvalue weighted by molar-refractivity contribution is 0.0251. The first-order valence-electron chi connectivity index (χ1n) is 11.7. The standard InChI is InChI=1S/C28H31N3O3/c1-29(2)22-9-5-20(6-10-22)28(21-7-11-23(12-8-21)31-15-17-33-18-16-31)26-14-13-24(30(3)4)19-25(26)27(32)34-28/h5-14,19H,15-18H2,1-4H3. The topological polar surface area (TPSA) is 45.3 Å². The molecule has 1 atom stereocenters. The number of carbonyl (C=O) groups excluding carboxylic acids is 1. The maximum absolute atomic E-state index is 13.2. The van der Waals surface area contributed by atoms with Crippen LogP contribution in [0.4, 0.5) is 17.1 Å². The number of hydrogen-bond donors (Lipinski definition) is 0. The molecule has 0 amide bonds. The summed E-state index contributed by atoms with van der Waals surface area (Å²) in [5, 5.41) is 0. The fraction of sp³-hybridized carbons (Fsp3) is 0.321. The fourth-order valence-electron chi connectivity index (χ4n) is 4.85. The van der Waals surface area contributed by atoms with Gasteiger partial charge in [-0.1, -0.05) is 30.3 Å². The number of rotatable bonds is 5. The Labute approximate surface area is 201 Å². The molecule has 0 aromatic heterocycles. The molecule has 2 aliphatic heterocycles. The molecule has 5 rings (SSSR count). The van der Waals surface area contributed by atoms with E-state index in [9.17, 15) is 4.79 Å². The Morgan fingerprint density at radius 2 is 1.32 bits per heavy atom. The lowest BCUT2D eigenvalue weighted by atomic mass is 9.79. The first-order chi connectivity index (χ1) is 16.4. The number of esters is 1. The Bertz CT molecular complexity index is 1180. The first kappa shape index (κ1) is 22.3. The van der Waals surface area contributed by atoms with Gasteiger partial charge in [0.1, 0.15) is 0 Å². The van der Waals surface area contributed by atoms with Crippen LogP contribution < -0.4 is 14.7 Å². The third-order valence-electron chi connectivity index (χ3n) is 6.80. The maximum Gasteiger partial charge on any atom is 0.340 e. The highest BCUT2D eigenvalue weighted by Crippen LogP contribution is 2.48. The third kappa shape index (κ3) is 3.68. The highest BCUT2D eigenvalue weighted by atomic mass is 16.6. The van der Waals surface area contributed by atoms with Crippen LogP contribution in [0.15, 0.2) is 66.7 Å². The van der Waals surface area contributed by atoms with Crippen LogP contribution in [0, 0.1) is 0 Å². The Morgan fingerprint density at radius 3 is 1.91 bits per heavy atom. The van der Waals surface area contributed by atoms with Gasteiger partial charge in [0.2, 0.25) is 0 Å². The summed E-state index contributed by atoms with van der Waals surface area (Å²) in [4.78, 5) is 19.6. The SMILES string of the molecule is CN(C)c1ccc(C2(c3ccc(N4CCOCC4)cc3)OC(=O)c3cc(N(C)C)ccc32)cc1. The van der Waals surface area contributed by atoms with Crippen molar-refractivity contribution in [2.45, 2.75) is 5.60 Å². The van der Waals surface area contributed by atoms with Crippen molar-refractivity contribution in [1.29, 1.82) is 0 Å². The highest BCUT2D eigenvalue weighted by Gasteiger charge is 2.48. The van der Waals surface area contributed by atoms with E-state index in [1.807, 2.05) is 51.3 Å². The molecule has 0 spiro atoms. The van der Waals surface area contributed by atoms with Crippen molar-refractivity contribution >= 4 is 23.0 Å². The predicted octanol–water partition coefficient (Wildman–Crippen LogP) is 4.12. The van der Waals surface area contributed by atoms with Crippen LogP contribution in [-0.2, 0) is 15.1 Å². The zero-order chi connectivity index (χ0) is 23.9. The fourth-order valence-corrected chi connectivity index (χ4v) is 4.85. The molecule has 6 nitrogen and oxygen atoms in total. The average molecular weight is 458 g/mol. The first-order valence-corrected chi connectivity index (χ1v) is 11.7. The molecule has 3 aromatic carbocycles. The lowest BCUT2D eigenvalue weighted by Gasteiger charge is -2.32. The minimum atomic E-state index is -0.994. The number of anilines is 3. The Balaban J connectivity index is 1.64. The van der Waals surface area contributed by atoms with Crippen LogP contribution in [0.2, 0.25) is 0 Å². The number of morpholine rings is 1. The van der Waals surface area contributed by atoms with Crippen molar-refractivity contribution in [3.8, 4) is 0 Å². The number of fused-ring (bicyclic) bond motifs is 1. The van der Waals surface area contributed by atoms with E-state index in [4.69, 9.17) is 9.47 Å². The van der Waals surface area contributed by atoms with Gasteiger partial charge in [0.05, 0.1) is 18.8 Å². The molecule has 34 heavy (non-hydrogen) atoms. The van der Waals surface area contributed by atoms with Gasteiger partial charge < -0.3 is 24.2 Å². The van der Waals surface area contributed by atoms with Crippen molar-refractivity contribution in [2.24, 2.45) is 0 Å². The second kappa shape index (κ2) is 8.69. The molecule has 0 radical (unpaired) electrons. The van der Waals surface area contributed by atoms with E-state index in [0.717, 1.165) is 60.1 Å². The molecule has 2 aliphatic rings. The molecule has 176 valence electrons. The normalized spacial score (nSPS) is 19.5. The quantitative estimate of drug-likeness (QED) is 0.537. The second-order valence-electron chi connectivity index (χ2n) is 9.28. The van der Waals surface area contributed by atoms with Crippen LogP contribution in [-0.4, -0.2) is 60.5 Å². The Kier molecular flexibility index (Phi) is 5.70. The van der Waals surface area contributed by atoms with Crippen molar-refractivity contribution in [1.82, 2.24) is 0 Å². The number of nitrogens with zero attached hydrogens (tertiary/aromatic N) is 3. The van der Waals surface area contributed by atoms with Gasteiger partial charge >= 0.3 is 5.97 Å². The van der Waals surface area contributed by atoms with E-state index in [2.05, 4.69) is 58.3 Å². The molecule has 2 heterocycles. The van der Waals surface area contributed by atoms with Crippen molar-refractivity contribution < 1.29 is 14.3 Å². The average Bonchev–Trinajstić information content (AvgIpc) is 3.17. The maximum atomic E-state index is 13.2. The highest BCUT2D eigenvalue weighted by molar-refractivity contribution is 5.97. The van der Waals surface area contributed by atoms with Gasteiger partial charge in [0, 0.05) is 75.0 Å². The largest absolute Gasteiger partial charge is 0.441 e. The molecule has 0 N–H and O–H groups in total. The summed E-state index contributed by atoms with van der Waals surface area (Å²) in [6.45, 7) is 3.23. The molecule has 1 fully saturated rings. The van der Waals surface area contributed by atoms with Gasteiger partial charge in [-0.3, -0.25) is 0 Å². The van der Waals surface area contributed by atoms with Crippen molar-refractivity contribution in [2.75, 3.05) is 69.2 Å². The molecule has 0 bridgehead atoms. The molecule has 0 aliphatic carbocycles. The number of ether oxygens (including phenoxy) is 2. The van der Waals surface area contributed by atoms with Crippen molar-refractivity contribution in [3.05, 3.63) is 89.0 Å². The van der Waals surface area contributed by atoms with Gasteiger partial charge in [-0.25, -0.2) is 4.79 Å². The zero-order valence-electron chi connectivity index (χ0n) is 20.2. The van der Waals surface area contributed by atoms with E-state index in [1.54, 1.807) is 0 Å². The summed E-state index contributed by atoms with van der Waals surface area (Å²) in [6, 6.07) is 22.7. The summed E-state index contributed by atoms with van der Waals surface area (Å²) in [6.07, 6.45) is 0. The van der Waals surface area contributed by atoms with Crippen molar-refractivity contribution in [3.63, 3.8) is 0 Å². The van der Waals surface area contributed by atoms with E-state index >= 15 is 0 Å². The number of cyclic esters (lactones) is 1. The molecule has 6 heteroatoms. The zero-order valence-corrected chi connectivity index (χ0v) is 20.2. The van der Waals surface area contributed by atoms with E-state index < -0.39 is 5.60 Å². The van der Waals surface area contributed by atoms with E-state index in [0.29, 0.717) is 5.56 Å². The summed E-state index contributed by atoms with van der Waals surface area (Å²) < 4.78 is 11.8. The lowest BCUT2D eigenvalue weighted by Crippen LogP contribution is -2.36. The molecular formula is C28H31N3O3. The molecule has 1 saturated heterocycles. The monoisotopic (exact) mass is 457 g/mol. The van der Waals surface area contributed by atoms with Gasteiger partial charge in [-0.15, -0.1) is 0 Å². The molecule has 3 aromatic rings. The van der Waals surface area contributed by atoms with Crippen LogP contribution in [0.3, 0.4) is 0 Å². The van der Waals surface area contributed by atoms with Crippen LogP contribution in [0.1, 0.15) is 27.0 Å². The molecule has 0 saturated carbocycles. The molecule has 1 unspecified atom stereocenters. The summed E-state index contributed by atoms with van der Waals surface area (Å²) in [5.74, 6) is -0.298. The number of hydrogen-bond acceptors (Lipinski definition) is 6. The van der Waals surface area contributed by atoms with Crippen LogP contribution >= 0.6 is 0 Å². The Hall–Kier alpha value is -3.51. The summed E-state index contributed by atoms with van der Waals surface area (Å²) in [7, 11) is 7.98. The van der Waals surface area contributed by atoms with Gasteiger partial charge in [-0.05, 0) is 36.4 Å². The predicted molar refractivity (Wildman–Crippen MR) is 136 cm³/mol. The smallest absolute Gasteiger partial charge is 0.340 e. The van der Waals surface area contributed by atoms with Gasteiger partial charge in [-0.2, -0.15) is 0 Å². The minimum absolute atomic E-state index is 0.298. The Morgan fingerprint density at radius 1 is 0.765 bits per heavy atom. The third-order valence-corrected chi connectivity index (χ3v) is 6.80. The number of benzene rings is 3. The second-order valence-corrected chi connectivity index (χ2v) is 9.28. The van der Waals surface area contributed by atoms with Crippen LogP contribution in [0.5, 0.6) is 0 Å². The van der Waals surface area contributed by atoms with Gasteiger partial charge in [0.25, 0.3) is 0 Å².